The molecule has 1 aromatic carbocycles. The van der Waals surface area contributed by atoms with E-state index in [4.69, 9.17) is 22.9 Å². The molecule has 0 saturated carbocycles. The molecule has 0 unspecified atom stereocenters. The first-order valence-corrected chi connectivity index (χ1v) is 4.40. The fourth-order valence-corrected chi connectivity index (χ4v) is 1.34. The van der Waals surface area contributed by atoms with Gasteiger partial charge in [-0.15, -0.1) is 0 Å². The minimum atomic E-state index is -0.295. The molecule has 1 rings (SSSR count). The standard InChI is InChI=1S/C8H9BCl2/c1-7-4-2-3-5-8(7)6-9(10)11/h2-5H,6H2,1H3. The van der Waals surface area contributed by atoms with Crippen LogP contribution in [0.4, 0.5) is 0 Å². The van der Waals surface area contributed by atoms with Gasteiger partial charge < -0.3 is 0 Å². The van der Waals surface area contributed by atoms with Crippen molar-refractivity contribution in [1.82, 2.24) is 0 Å². The Bertz CT molecular complexity index is 235. The second-order valence-electron chi connectivity index (χ2n) is 2.52. The average molecular weight is 187 g/mol. The van der Waals surface area contributed by atoms with Crippen LogP contribution in [0.1, 0.15) is 11.1 Å². The van der Waals surface area contributed by atoms with Gasteiger partial charge in [-0.25, -0.2) is 0 Å². The average Bonchev–Trinajstić information content (AvgIpc) is 1.93. The molecule has 1 aromatic rings. The summed E-state index contributed by atoms with van der Waals surface area (Å²) >= 11 is 11.3. The summed E-state index contributed by atoms with van der Waals surface area (Å²) in [4.78, 5) is 0. The third-order valence-corrected chi connectivity index (χ3v) is 1.94. The molecule has 58 valence electrons. The highest BCUT2D eigenvalue weighted by atomic mass is 35.5. The maximum Gasteiger partial charge on any atom is 0.355 e. The summed E-state index contributed by atoms with van der Waals surface area (Å²) in [5.41, 5.74) is 2.18. The Hall–Kier alpha value is -0.135. The highest BCUT2D eigenvalue weighted by Crippen LogP contribution is 2.12. The topological polar surface area (TPSA) is 0 Å². The second kappa shape index (κ2) is 4.03. The summed E-state index contributed by atoms with van der Waals surface area (Å²) in [5, 5.41) is 0. The van der Waals surface area contributed by atoms with Gasteiger partial charge in [-0.05, 0) is 24.4 Å². The van der Waals surface area contributed by atoms with Gasteiger partial charge in [-0.3, -0.25) is 0 Å². The van der Waals surface area contributed by atoms with E-state index >= 15 is 0 Å². The summed E-state index contributed by atoms with van der Waals surface area (Å²) in [6.45, 7) is 2.06. The van der Waals surface area contributed by atoms with Crippen molar-refractivity contribution in [3.05, 3.63) is 35.4 Å². The molecule has 0 fully saturated rings. The minimum absolute atomic E-state index is 0.295. The van der Waals surface area contributed by atoms with Gasteiger partial charge in [0.2, 0.25) is 0 Å². The van der Waals surface area contributed by atoms with Crippen LogP contribution in [0.2, 0.25) is 0 Å². The number of aryl methyl sites for hydroxylation is 1. The van der Waals surface area contributed by atoms with Gasteiger partial charge in [0, 0.05) is 0 Å². The van der Waals surface area contributed by atoms with Gasteiger partial charge in [0.1, 0.15) is 0 Å². The fourth-order valence-electron chi connectivity index (χ4n) is 1.01. The van der Waals surface area contributed by atoms with E-state index < -0.39 is 0 Å². The van der Waals surface area contributed by atoms with E-state index in [-0.39, 0.29) is 5.54 Å². The summed E-state index contributed by atoms with van der Waals surface area (Å²) in [6.07, 6.45) is 0.732. The molecule has 0 aliphatic heterocycles. The largest absolute Gasteiger partial charge is 0.355 e. The van der Waals surface area contributed by atoms with Crippen molar-refractivity contribution in [2.24, 2.45) is 0 Å². The molecule has 11 heavy (non-hydrogen) atoms. The molecule has 3 heteroatoms. The van der Waals surface area contributed by atoms with Gasteiger partial charge in [0.05, 0.1) is 0 Å². The van der Waals surface area contributed by atoms with Crippen LogP contribution in [0.5, 0.6) is 0 Å². The third kappa shape index (κ3) is 2.76. The van der Waals surface area contributed by atoms with E-state index in [0.29, 0.717) is 0 Å². The molecule has 0 radical (unpaired) electrons. The van der Waals surface area contributed by atoms with E-state index in [9.17, 15) is 0 Å². The minimum Gasteiger partial charge on any atom is -0.171 e. The number of halogens is 2. The first kappa shape index (κ1) is 8.96. The Morgan fingerprint density at radius 2 is 1.91 bits per heavy atom. The van der Waals surface area contributed by atoms with Crippen molar-refractivity contribution in [3.63, 3.8) is 0 Å². The van der Waals surface area contributed by atoms with E-state index in [0.717, 1.165) is 6.32 Å². The molecule has 0 spiro atoms. The van der Waals surface area contributed by atoms with Crippen LogP contribution >= 0.6 is 22.9 Å². The second-order valence-corrected chi connectivity index (χ2v) is 3.80. The smallest absolute Gasteiger partial charge is 0.171 e. The highest BCUT2D eigenvalue weighted by molar-refractivity contribution is 7.33. The number of rotatable bonds is 2. The van der Waals surface area contributed by atoms with Crippen LogP contribution in [-0.2, 0) is 6.32 Å². The van der Waals surface area contributed by atoms with Gasteiger partial charge >= 0.3 is 5.54 Å². The quantitative estimate of drug-likeness (QED) is 0.624. The highest BCUT2D eigenvalue weighted by Gasteiger charge is 2.07. The molecule has 0 nitrogen and oxygen atoms in total. The van der Waals surface area contributed by atoms with Crippen LogP contribution in [0.25, 0.3) is 0 Å². The number of benzene rings is 1. The van der Waals surface area contributed by atoms with Gasteiger partial charge in [0.25, 0.3) is 0 Å². The van der Waals surface area contributed by atoms with Crippen LogP contribution in [0.3, 0.4) is 0 Å². The molecule has 0 aliphatic rings. The lowest BCUT2D eigenvalue weighted by atomic mass is 9.91. The van der Waals surface area contributed by atoms with Crippen molar-refractivity contribution in [1.29, 1.82) is 0 Å². The molecular formula is C8H9BCl2. The Labute approximate surface area is 77.4 Å². The monoisotopic (exact) mass is 186 g/mol. The van der Waals surface area contributed by atoms with Crippen LogP contribution in [-0.4, -0.2) is 5.54 Å². The maximum atomic E-state index is 5.65. The van der Waals surface area contributed by atoms with Crippen LogP contribution in [0.15, 0.2) is 24.3 Å². The molecule has 0 aromatic heterocycles. The molecule has 0 N–H and O–H groups in total. The predicted octanol–water partition coefficient (Wildman–Crippen LogP) is 3.04. The lowest BCUT2D eigenvalue weighted by Gasteiger charge is -2.02. The summed E-state index contributed by atoms with van der Waals surface area (Å²) in [6, 6.07) is 8.12. The SMILES string of the molecule is Cc1ccccc1CB(Cl)Cl. The van der Waals surface area contributed by atoms with E-state index in [1.807, 2.05) is 18.2 Å². The molecule has 0 bridgehead atoms. The van der Waals surface area contributed by atoms with Crippen molar-refractivity contribution >= 4 is 28.5 Å². The molecule has 0 saturated heterocycles. The van der Waals surface area contributed by atoms with Crippen molar-refractivity contribution in [2.45, 2.75) is 13.2 Å². The van der Waals surface area contributed by atoms with Crippen molar-refractivity contribution in [3.8, 4) is 0 Å². The van der Waals surface area contributed by atoms with Gasteiger partial charge in [0.15, 0.2) is 0 Å². The zero-order valence-corrected chi connectivity index (χ0v) is 7.86. The van der Waals surface area contributed by atoms with Gasteiger partial charge in [-0.2, -0.15) is 22.9 Å². The fraction of sp³-hybridized carbons (Fsp3) is 0.250. The van der Waals surface area contributed by atoms with Crippen LogP contribution < -0.4 is 0 Å². The predicted molar refractivity (Wildman–Crippen MR) is 52.3 cm³/mol. The summed E-state index contributed by atoms with van der Waals surface area (Å²) in [7, 11) is 0. The van der Waals surface area contributed by atoms with E-state index in [1.165, 1.54) is 11.1 Å². The van der Waals surface area contributed by atoms with E-state index in [2.05, 4.69) is 13.0 Å². The number of hydrogen-bond acceptors (Lipinski definition) is 0. The molecular weight excluding hydrogens is 178 g/mol. The summed E-state index contributed by atoms with van der Waals surface area (Å²) < 4.78 is 0. The number of hydrogen-bond donors (Lipinski definition) is 0. The zero-order valence-electron chi connectivity index (χ0n) is 6.35. The van der Waals surface area contributed by atoms with Gasteiger partial charge in [-0.1, -0.05) is 24.3 Å². The van der Waals surface area contributed by atoms with Crippen LogP contribution in [0, 0.1) is 6.92 Å². The molecule has 0 aliphatic carbocycles. The Balaban J connectivity index is 2.78. The molecule has 0 atom stereocenters. The first-order valence-electron chi connectivity index (χ1n) is 3.53. The Morgan fingerprint density at radius 1 is 1.27 bits per heavy atom. The lowest BCUT2D eigenvalue weighted by molar-refractivity contribution is 1.29. The van der Waals surface area contributed by atoms with Crippen molar-refractivity contribution < 1.29 is 0 Å². The molecule has 0 amide bonds. The van der Waals surface area contributed by atoms with E-state index in [1.54, 1.807) is 0 Å². The Morgan fingerprint density at radius 3 is 2.45 bits per heavy atom. The van der Waals surface area contributed by atoms with Crippen molar-refractivity contribution in [2.75, 3.05) is 0 Å². The summed E-state index contributed by atoms with van der Waals surface area (Å²) in [5.74, 6) is 0. The zero-order chi connectivity index (χ0) is 8.27. The lowest BCUT2D eigenvalue weighted by Crippen LogP contribution is -2.00. The maximum absolute atomic E-state index is 5.65. The first-order chi connectivity index (χ1) is 5.20. The third-order valence-electron chi connectivity index (χ3n) is 1.64. The normalized spacial score (nSPS) is 9.73. The Kier molecular flexibility index (Phi) is 3.28. The molecule has 0 heterocycles.